The Bertz CT molecular complexity index is 903. The van der Waals surface area contributed by atoms with Gasteiger partial charge in [-0.3, -0.25) is 9.89 Å². The van der Waals surface area contributed by atoms with E-state index in [0.29, 0.717) is 16.3 Å². The van der Waals surface area contributed by atoms with Crippen LogP contribution in [0.25, 0.3) is 11.3 Å². The van der Waals surface area contributed by atoms with Crippen molar-refractivity contribution in [3.8, 4) is 11.3 Å². The van der Waals surface area contributed by atoms with Gasteiger partial charge in [0.05, 0.1) is 17.5 Å². The molecule has 138 valence electrons. The molecule has 3 aromatic rings. The molecule has 2 aromatic heterocycles. The number of piperidine rings is 1. The smallest absolute Gasteiger partial charge is 0.255 e. The van der Waals surface area contributed by atoms with Crippen LogP contribution in [-0.2, 0) is 0 Å². The Hall–Kier alpha value is -2.93. The SMILES string of the molecule is O=C(NC1CCN(c2ncccn2)CC1)c1cn[nH]c1-c1ccc(Cl)cc1. The van der Waals surface area contributed by atoms with Crippen LogP contribution in [-0.4, -0.2) is 45.2 Å². The number of amides is 1. The van der Waals surface area contributed by atoms with E-state index < -0.39 is 0 Å². The lowest BCUT2D eigenvalue weighted by Crippen LogP contribution is -2.45. The third-order valence-corrected chi connectivity index (χ3v) is 4.93. The van der Waals surface area contributed by atoms with Crippen LogP contribution in [0.1, 0.15) is 23.2 Å². The van der Waals surface area contributed by atoms with Gasteiger partial charge in [0.25, 0.3) is 5.91 Å². The number of aromatic nitrogens is 4. The number of hydrogen-bond acceptors (Lipinski definition) is 5. The summed E-state index contributed by atoms with van der Waals surface area (Å²) in [7, 11) is 0. The minimum Gasteiger partial charge on any atom is -0.349 e. The number of nitrogens with zero attached hydrogens (tertiary/aromatic N) is 4. The number of rotatable bonds is 4. The summed E-state index contributed by atoms with van der Waals surface area (Å²) in [5.41, 5.74) is 2.10. The normalized spacial score (nSPS) is 14.9. The van der Waals surface area contributed by atoms with Crippen molar-refractivity contribution >= 4 is 23.5 Å². The van der Waals surface area contributed by atoms with E-state index in [4.69, 9.17) is 11.6 Å². The van der Waals surface area contributed by atoms with Crippen LogP contribution >= 0.6 is 11.6 Å². The molecule has 0 unspecified atom stereocenters. The molecule has 3 heterocycles. The highest BCUT2D eigenvalue weighted by Gasteiger charge is 2.24. The minimum absolute atomic E-state index is 0.116. The second-order valence-corrected chi connectivity index (χ2v) is 6.89. The maximum atomic E-state index is 12.8. The molecule has 2 N–H and O–H groups in total. The Balaban J connectivity index is 1.39. The highest BCUT2D eigenvalue weighted by Crippen LogP contribution is 2.23. The number of benzene rings is 1. The molecular formula is C19H19ClN6O. The van der Waals surface area contributed by atoms with Gasteiger partial charge in [-0.15, -0.1) is 0 Å². The topological polar surface area (TPSA) is 86.8 Å². The second kappa shape index (κ2) is 7.75. The molecule has 0 saturated carbocycles. The second-order valence-electron chi connectivity index (χ2n) is 6.45. The molecule has 0 radical (unpaired) electrons. The van der Waals surface area contributed by atoms with Gasteiger partial charge in [-0.1, -0.05) is 23.7 Å². The summed E-state index contributed by atoms with van der Waals surface area (Å²) in [6.45, 7) is 1.62. The molecule has 1 saturated heterocycles. The summed E-state index contributed by atoms with van der Waals surface area (Å²) >= 11 is 5.94. The Morgan fingerprint density at radius 1 is 1.15 bits per heavy atom. The number of aromatic amines is 1. The molecule has 8 heteroatoms. The molecular weight excluding hydrogens is 364 g/mol. The quantitative estimate of drug-likeness (QED) is 0.724. The van der Waals surface area contributed by atoms with Crippen molar-refractivity contribution in [3.63, 3.8) is 0 Å². The zero-order valence-corrected chi connectivity index (χ0v) is 15.4. The van der Waals surface area contributed by atoms with E-state index in [1.165, 1.54) is 0 Å². The Kier molecular flexibility index (Phi) is 5.02. The zero-order chi connectivity index (χ0) is 18.6. The van der Waals surface area contributed by atoms with E-state index in [-0.39, 0.29) is 11.9 Å². The van der Waals surface area contributed by atoms with E-state index >= 15 is 0 Å². The first-order valence-corrected chi connectivity index (χ1v) is 9.20. The van der Waals surface area contributed by atoms with Crippen molar-refractivity contribution in [2.75, 3.05) is 18.0 Å². The molecule has 27 heavy (non-hydrogen) atoms. The molecule has 1 aromatic carbocycles. The largest absolute Gasteiger partial charge is 0.349 e. The fourth-order valence-electron chi connectivity index (χ4n) is 3.24. The number of halogens is 1. The predicted molar refractivity (Wildman–Crippen MR) is 104 cm³/mol. The van der Waals surface area contributed by atoms with Crippen LogP contribution in [0.15, 0.2) is 48.9 Å². The maximum Gasteiger partial charge on any atom is 0.255 e. The molecule has 1 aliphatic rings. The van der Waals surface area contributed by atoms with Gasteiger partial charge >= 0.3 is 0 Å². The Labute approximate surface area is 161 Å². The van der Waals surface area contributed by atoms with Gasteiger partial charge in [-0.2, -0.15) is 5.10 Å². The van der Waals surface area contributed by atoms with Gasteiger partial charge in [-0.05, 0) is 31.0 Å². The predicted octanol–water partition coefficient (Wildman–Crippen LogP) is 2.92. The molecule has 4 rings (SSSR count). The van der Waals surface area contributed by atoms with Crippen molar-refractivity contribution in [3.05, 3.63) is 59.5 Å². The lowest BCUT2D eigenvalue weighted by atomic mass is 10.0. The lowest BCUT2D eigenvalue weighted by molar-refractivity contribution is 0.0932. The van der Waals surface area contributed by atoms with Crippen molar-refractivity contribution in [1.29, 1.82) is 0 Å². The average molecular weight is 383 g/mol. The fourth-order valence-corrected chi connectivity index (χ4v) is 3.36. The molecule has 1 fully saturated rings. The molecule has 1 aliphatic heterocycles. The molecule has 7 nitrogen and oxygen atoms in total. The standard InChI is InChI=1S/C19H19ClN6O/c20-14-4-2-13(3-5-14)17-16(12-23-25-17)18(27)24-15-6-10-26(11-7-15)19-21-8-1-9-22-19/h1-5,8-9,12,15H,6-7,10-11H2,(H,23,25)(H,24,27). The molecule has 0 bridgehead atoms. The highest BCUT2D eigenvalue weighted by atomic mass is 35.5. The van der Waals surface area contributed by atoms with Gasteiger partial charge in [-0.25, -0.2) is 9.97 Å². The number of carbonyl (C=O) groups excluding carboxylic acids is 1. The number of H-pyrrole nitrogens is 1. The van der Waals surface area contributed by atoms with Gasteiger partial charge < -0.3 is 10.2 Å². The summed E-state index contributed by atoms with van der Waals surface area (Å²) in [5, 5.41) is 10.7. The Morgan fingerprint density at radius 3 is 2.56 bits per heavy atom. The Morgan fingerprint density at radius 2 is 1.85 bits per heavy atom. The van der Waals surface area contributed by atoms with Crippen molar-refractivity contribution < 1.29 is 4.79 Å². The number of hydrogen-bond donors (Lipinski definition) is 2. The third kappa shape index (κ3) is 3.93. The molecule has 0 spiro atoms. The lowest BCUT2D eigenvalue weighted by Gasteiger charge is -2.32. The minimum atomic E-state index is -0.122. The summed E-state index contributed by atoms with van der Waals surface area (Å²) in [5.74, 6) is 0.616. The monoisotopic (exact) mass is 382 g/mol. The molecule has 0 atom stereocenters. The van der Waals surface area contributed by atoms with Crippen LogP contribution in [0.4, 0.5) is 5.95 Å². The number of anilines is 1. The third-order valence-electron chi connectivity index (χ3n) is 4.68. The summed E-state index contributed by atoms with van der Waals surface area (Å²) in [6.07, 6.45) is 6.74. The van der Waals surface area contributed by atoms with Gasteiger partial charge in [0, 0.05) is 42.1 Å². The van der Waals surface area contributed by atoms with Crippen molar-refractivity contribution in [2.24, 2.45) is 0 Å². The van der Waals surface area contributed by atoms with E-state index in [2.05, 4.69) is 30.4 Å². The first kappa shape index (κ1) is 17.5. The summed E-state index contributed by atoms with van der Waals surface area (Å²) < 4.78 is 0. The van der Waals surface area contributed by atoms with Crippen LogP contribution < -0.4 is 10.2 Å². The van der Waals surface area contributed by atoms with Gasteiger partial charge in [0.1, 0.15) is 0 Å². The summed E-state index contributed by atoms with van der Waals surface area (Å²) in [4.78, 5) is 23.5. The van der Waals surface area contributed by atoms with Gasteiger partial charge in [0.15, 0.2) is 0 Å². The first-order chi connectivity index (χ1) is 13.2. The fraction of sp³-hybridized carbons (Fsp3) is 0.263. The average Bonchev–Trinajstić information content (AvgIpc) is 3.20. The van der Waals surface area contributed by atoms with Crippen molar-refractivity contribution in [1.82, 2.24) is 25.5 Å². The van der Waals surface area contributed by atoms with Gasteiger partial charge in [0.2, 0.25) is 5.95 Å². The zero-order valence-electron chi connectivity index (χ0n) is 14.6. The van der Waals surface area contributed by atoms with E-state index in [9.17, 15) is 4.79 Å². The van der Waals surface area contributed by atoms with Crippen molar-refractivity contribution in [2.45, 2.75) is 18.9 Å². The molecule has 1 amide bonds. The first-order valence-electron chi connectivity index (χ1n) is 8.83. The van der Waals surface area contributed by atoms with E-state index in [1.807, 2.05) is 12.1 Å². The molecule has 0 aliphatic carbocycles. The maximum absolute atomic E-state index is 12.8. The van der Waals surface area contributed by atoms with Crippen LogP contribution in [0.2, 0.25) is 5.02 Å². The summed E-state index contributed by atoms with van der Waals surface area (Å²) in [6, 6.07) is 9.24. The van der Waals surface area contributed by atoms with Crippen LogP contribution in [0, 0.1) is 0 Å². The highest BCUT2D eigenvalue weighted by molar-refractivity contribution is 6.30. The van der Waals surface area contributed by atoms with Crippen LogP contribution in [0.5, 0.6) is 0 Å². The number of carbonyl (C=O) groups is 1. The van der Waals surface area contributed by atoms with E-state index in [0.717, 1.165) is 37.4 Å². The number of nitrogens with one attached hydrogen (secondary N) is 2. The van der Waals surface area contributed by atoms with Crippen LogP contribution in [0.3, 0.4) is 0 Å². The van der Waals surface area contributed by atoms with E-state index in [1.54, 1.807) is 36.8 Å².